The molecule has 1 amide bonds. The predicted molar refractivity (Wildman–Crippen MR) is 66.2 cm³/mol. The number of hydrogen-bond acceptors (Lipinski definition) is 1. The molecule has 2 rings (SSSR count). The van der Waals surface area contributed by atoms with Gasteiger partial charge in [0.1, 0.15) is 5.82 Å². The van der Waals surface area contributed by atoms with E-state index in [-0.39, 0.29) is 5.88 Å². The number of carbonyl (C=O) groups excluding carboxylic acids is 1. The van der Waals surface area contributed by atoms with Gasteiger partial charge in [0.05, 0.1) is 16.7 Å². The lowest BCUT2D eigenvalue weighted by molar-refractivity contribution is -0.140. The summed E-state index contributed by atoms with van der Waals surface area (Å²) in [5.41, 5.74) is -2.69. The largest absolute Gasteiger partial charge is 0.419 e. The molecule has 0 unspecified atom stereocenters. The van der Waals surface area contributed by atoms with Crippen molar-refractivity contribution in [1.29, 1.82) is 0 Å². The third kappa shape index (κ3) is 2.75. The molecule has 1 N–H and O–H groups in total. The van der Waals surface area contributed by atoms with Gasteiger partial charge < -0.3 is 5.32 Å². The molecular weight excluding hydrogens is 298 g/mol. The van der Waals surface area contributed by atoms with Gasteiger partial charge >= 0.3 is 6.18 Å². The Kier molecular flexibility index (Phi) is 3.95. The maximum atomic E-state index is 13.8. The van der Waals surface area contributed by atoms with Crippen LogP contribution in [-0.2, 0) is 6.18 Å². The van der Waals surface area contributed by atoms with E-state index in [9.17, 15) is 22.4 Å². The van der Waals surface area contributed by atoms with Crippen molar-refractivity contribution in [2.45, 2.75) is 31.0 Å². The highest BCUT2D eigenvalue weighted by atomic mass is 35.5. The van der Waals surface area contributed by atoms with Gasteiger partial charge in [-0.1, -0.05) is 6.07 Å². The maximum Gasteiger partial charge on any atom is 0.419 e. The van der Waals surface area contributed by atoms with Gasteiger partial charge in [0.25, 0.3) is 5.91 Å². The van der Waals surface area contributed by atoms with E-state index in [1.165, 1.54) is 0 Å². The van der Waals surface area contributed by atoms with Gasteiger partial charge in [0.15, 0.2) is 0 Å². The van der Waals surface area contributed by atoms with Crippen LogP contribution in [0.5, 0.6) is 0 Å². The second kappa shape index (κ2) is 5.24. The monoisotopic (exact) mass is 309 g/mol. The van der Waals surface area contributed by atoms with E-state index in [4.69, 9.17) is 11.6 Å². The van der Waals surface area contributed by atoms with E-state index < -0.39 is 34.6 Å². The molecule has 20 heavy (non-hydrogen) atoms. The van der Waals surface area contributed by atoms with Gasteiger partial charge in [-0.3, -0.25) is 4.79 Å². The molecule has 1 aliphatic rings. The predicted octanol–water partition coefficient (Wildman–Crippen LogP) is 3.74. The summed E-state index contributed by atoms with van der Waals surface area (Å²) in [6.07, 6.45) is -2.68. The molecule has 7 heteroatoms. The first-order valence-electron chi connectivity index (χ1n) is 6.03. The second-order valence-corrected chi connectivity index (χ2v) is 5.15. The van der Waals surface area contributed by atoms with Gasteiger partial charge in [-0.15, -0.1) is 11.6 Å². The molecule has 1 aromatic rings. The van der Waals surface area contributed by atoms with Crippen molar-refractivity contribution in [2.24, 2.45) is 0 Å². The molecule has 2 nitrogen and oxygen atoms in total. The minimum Gasteiger partial charge on any atom is -0.345 e. The normalized spacial score (nSPS) is 17.4. The van der Waals surface area contributed by atoms with Gasteiger partial charge in [-0.2, -0.15) is 13.2 Å². The zero-order valence-corrected chi connectivity index (χ0v) is 11.1. The topological polar surface area (TPSA) is 29.1 Å². The Balaban J connectivity index is 2.27. The SMILES string of the molecule is O=C(NC1(CCl)CCC1)c1cccc(C(F)(F)F)c1F. The first-order valence-corrected chi connectivity index (χ1v) is 6.57. The first-order chi connectivity index (χ1) is 9.29. The molecule has 1 saturated carbocycles. The number of hydrogen-bond donors (Lipinski definition) is 1. The van der Waals surface area contributed by atoms with Crippen molar-refractivity contribution in [3.8, 4) is 0 Å². The lowest BCUT2D eigenvalue weighted by Crippen LogP contribution is -2.55. The van der Waals surface area contributed by atoms with Crippen molar-refractivity contribution >= 4 is 17.5 Å². The molecule has 0 heterocycles. The first kappa shape index (κ1) is 15.1. The number of rotatable bonds is 3. The van der Waals surface area contributed by atoms with E-state index in [0.717, 1.165) is 18.6 Å². The fourth-order valence-corrected chi connectivity index (χ4v) is 2.46. The third-order valence-electron chi connectivity index (χ3n) is 3.49. The van der Waals surface area contributed by atoms with Crippen LogP contribution in [0, 0.1) is 5.82 Å². The molecule has 0 atom stereocenters. The van der Waals surface area contributed by atoms with Crippen LogP contribution in [0.15, 0.2) is 18.2 Å². The Hall–Kier alpha value is -1.30. The summed E-state index contributed by atoms with van der Waals surface area (Å²) in [4.78, 5) is 11.9. The molecular formula is C13H12ClF4NO. The van der Waals surface area contributed by atoms with Crippen LogP contribution >= 0.6 is 11.6 Å². The summed E-state index contributed by atoms with van der Waals surface area (Å²) in [6.45, 7) is 0. The van der Waals surface area contributed by atoms with E-state index >= 15 is 0 Å². The number of alkyl halides is 4. The van der Waals surface area contributed by atoms with Crippen LogP contribution in [-0.4, -0.2) is 17.3 Å². The molecule has 0 radical (unpaired) electrons. The lowest BCUT2D eigenvalue weighted by atomic mass is 9.78. The Morgan fingerprint density at radius 2 is 2.00 bits per heavy atom. The van der Waals surface area contributed by atoms with Gasteiger partial charge in [0, 0.05) is 5.88 Å². The summed E-state index contributed by atoms with van der Waals surface area (Å²) >= 11 is 5.75. The lowest BCUT2D eigenvalue weighted by Gasteiger charge is -2.41. The zero-order valence-electron chi connectivity index (χ0n) is 10.4. The van der Waals surface area contributed by atoms with Crippen molar-refractivity contribution in [1.82, 2.24) is 5.32 Å². The van der Waals surface area contributed by atoms with Crippen LogP contribution in [0.1, 0.15) is 35.2 Å². The summed E-state index contributed by atoms with van der Waals surface area (Å²) in [6, 6.07) is 2.64. The van der Waals surface area contributed by atoms with Crippen molar-refractivity contribution in [3.05, 3.63) is 35.1 Å². The number of amides is 1. The Morgan fingerprint density at radius 1 is 1.35 bits per heavy atom. The van der Waals surface area contributed by atoms with Crippen LogP contribution in [0.4, 0.5) is 17.6 Å². The average Bonchev–Trinajstić information content (AvgIpc) is 2.32. The minimum absolute atomic E-state index is 0.152. The maximum absolute atomic E-state index is 13.8. The van der Waals surface area contributed by atoms with E-state index in [2.05, 4.69) is 5.32 Å². The highest BCUT2D eigenvalue weighted by Crippen LogP contribution is 2.35. The number of nitrogens with one attached hydrogen (secondary N) is 1. The van der Waals surface area contributed by atoms with Gasteiger partial charge in [0.2, 0.25) is 0 Å². The number of carbonyl (C=O) groups is 1. The molecule has 1 aliphatic carbocycles. The number of benzene rings is 1. The third-order valence-corrected chi connectivity index (χ3v) is 4.01. The second-order valence-electron chi connectivity index (χ2n) is 4.89. The molecule has 0 aromatic heterocycles. The smallest absolute Gasteiger partial charge is 0.345 e. The van der Waals surface area contributed by atoms with E-state index in [0.29, 0.717) is 18.9 Å². The van der Waals surface area contributed by atoms with Crippen molar-refractivity contribution in [2.75, 3.05) is 5.88 Å². The standard InChI is InChI=1S/C13H12ClF4NO/c14-7-12(5-2-6-12)19-11(20)8-3-1-4-9(10(8)15)13(16,17)18/h1,3-4H,2,5-7H2,(H,19,20). The van der Waals surface area contributed by atoms with Crippen molar-refractivity contribution in [3.63, 3.8) is 0 Å². The fraction of sp³-hybridized carbons (Fsp3) is 0.462. The summed E-state index contributed by atoms with van der Waals surface area (Å²) in [7, 11) is 0. The van der Waals surface area contributed by atoms with E-state index in [1.54, 1.807) is 0 Å². The summed E-state index contributed by atoms with van der Waals surface area (Å²) in [5.74, 6) is -2.27. The average molecular weight is 310 g/mol. The summed E-state index contributed by atoms with van der Waals surface area (Å²) in [5, 5.41) is 2.54. The summed E-state index contributed by atoms with van der Waals surface area (Å²) < 4.78 is 51.5. The Labute approximate surface area is 118 Å². The van der Waals surface area contributed by atoms with Crippen LogP contribution < -0.4 is 5.32 Å². The molecule has 0 bridgehead atoms. The molecule has 110 valence electrons. The molecule has 0 saturated heterocycles. The number of halogens is 5. The fourth-order valence-electron chi connectivity index (χ4n) is 2.13. The molecule has 1 aromatic carbocycles. The highest BCUT2D eigenvalue weighted by Gasteiger charge is 2.39. The molecule has 1 fully saturated rings. The Morgan fingerprint density at radius 3 is 2.45 bits per heavy atom. The zero-order chi connectivity index (χ0) is 15.0. The van der Waals surface area contributed by atoms with Crippen LogP contribution in [0.2, 0.25) is 0 Å². The molecule has 0 aliphatic heterocycles. The van der Waals surface area contributed by atoms with E-state index in [1.807, 2.05) is 0 Å². The molecule has 0 spiro atoms. The van der Waals surface area contributed by atoms with Gasteiger partial charge in [-0.05, 0) is 31.4 Å². The quantitative estimate of drug-likeness (QED) is 0.669. The Bertz CT molecular complexity index is 520. The minimum atomic E-state index is -4.83. The van der Waals surface area contributed by atoms with Crippen molar-refractivity contribution < 1.29 is 22.4 Å². The highest BCUT2D eigenvalue weighted by molar-refractivity contribution is 6.19. The van der Waals surface area contributed by atoms with Gasteiger partial charge in [-0.25, -0.2) is 4.39 Å². The van der Waals surface area contributed by atoms with Crippen LogP contribution in [0.3, 0.4) is 0 Å². The van der Waals surface area contributed by atoms with Crippen LogP contribution in [0.25, 0.3) is 0 Å².